The summed E-state index contributed by atoms with van der Waals surface area (Å²) in [5, 5.41) is 120. The monoisotopic (exact) mass is 1030 g/mol. The van der Waals surface area contributed by atoms with Gasteiger partial charge in [0.25, 0.3) is 0 Å². The second-order valence-corrected chi connectivity index (χ2v) is 23.9. The minimum absolute atomic E-state index is 0.0124. The lowest BCUT2D eigenvalue weighted by atomic mass is 9.47. The van der Waals surface area contributed by atoms with Crippen LogP contribution in [0.4, 0.5) is 0 Å². The van der Waals surface area contributed by atoms with Crippen molar-refractivity contribution in [3.05, 3.63) is 11.6 Å². The van der Waals surface area contributed by atoms with E-state index in [1.54, 1.807) is 0 Å². The third-order valence-corrected chi connectivity index (χ3v) is 19.7. The van der Waals surface area contributed by atoms with Crippen LogP contribution in [0, 0.1) is 46.3 Å². The number of rotatable bonds is 10. The standard InChI is InChI=1S/C51H82O21/c1-20-9-14-51(63-19-20)29(17-52)32-30(72-51)16-28-26-8-7-24-15-25(10-12-49(24,5)27(26)11-13-50(28,32)6)67-48-44(71-46-39(60)36(57)34(55)22(3)65-46)41(62)43(31(18-53)68-48)70-47-40(61)37(58)42(23(4)66-47)69-45-38(59)35(56)33(54)21(2)64-45/h7,20-23,25-48,52-62H,8-19H2,1-6H3/t20-,21+,22+,23+,25+,26-,27+,28+,29+,30+,31-,32+,33+,34+,35-,36-,37+,38-,39-,40-,41+,42+,43-,44-,45+,46+,47+,48-,49+,50+,51-/m1/s1. The Balaban J connectivity index is 0.838. The summed E-state index contributed by atoms with van der Waals surface area (Å²) in [6.07, 6.45) is -20.1. The fraction of sp³-hybridized carbons (Fsp3) is 0.961. The summed E-state index contributed by atoms with van der Waals surface area (Å²) in [5.74, 6) is 1.26. The minimum atomic E-state index is -1.86. The molecule has 0 aromatic carbocycles. The maximum Gasteiger partial charge on any atom is 0.187 e. The highest BCUT2D eigenvalue weighted by Crippen LogP contribution is 2.71. The van der Waals surface area contributed by atoms with Crippen LogP contribution in [0.5, 0.6) is 0 Å². The van der Waals surface area contributed by atoms with Gasteiger partial charge >= 0.3 is 0 Å². The van der Waals surface area contributed by atoms with E-state index in [-0.39, 0.29) is 35.4 Å². The van der Waals surface area contributed by atoms with Crippen molar-refractivity contribution < 1.29 is 104 Å². The summed E-state index contributed by atoms with van der Waals surface area (Å²) in [6, 6.07) is 0. The molecule has 0 amide bonds. The molecular formula is C51H82O21. The molecule has 6 aliphatic heterocycles. The zero-order valence-electron chi connectivity index (χ0n) is 42.2. The van der Waals surface area contributed by atoms with Gasteiger partial charge in [-0.25, -0.2) is 0 Å². The SMILES string of the molecule is C[C@@H]1CC[C@@]2(OC1)O[C@H]1C[C@H]3[C@@H]4CC=C5C[C@@H](O[C@@H]6O[C@H](CO)[C@@H](O[C@@H]7O[C@@H](C)[C@H](O[C@@H]8O[C@@H](C)[C@H](O)[C@@H](O)[C@H]8O)[C@@H](O)[C@H]7O)[C@H](O)[C@H]6O[C@@H]6O[C@@H](C)[C@H](O)[C@@H](O)[C@H]6O)CC[C@]5(C)[C@H]4CC[C@]3(C)[C@H]1[C@@H]2CO. The number of allylic oxidation sites excluding steroid dienone is 1. The first-order valence-electron chi connectivity index (χ1n) is 26.7. The molecule has 72 heavy (non-hydrogen) atoms. The number of aliphatic hydroxyl groups excluding tert-OH is 11. The van der Waals surface area contributed by atoms with Gasteiger partial charge in [-0.05, 0) is 107 Å². The maximum absolute atomic E-state index is 12.3. The Hall–Kier alpha value is -1.10. The topological polar surface area (TPSA) is 315 Å². The van der Waals surface area contributed by atoms with Crippen LogP contribution < -0.4 is 0 Å². The smallest absolute Gasteiger partial charge is 0.187 e. The highest BCUT2D eigenvalue weighted by atomic mass is 16.8. The van der Waals surface area contributed by atoms with Gasteiger partial charge in [0.1, 0.15) is 79.4 Å². The molecule has 0 aromatic heterocycles. The Labute approximate surface area is 420 Å². The summed E-state index contributed by atoms with van der Waals surface area (Å²) in [6.45, 7) is 11.4. The number of hydrogen-bond donors (Lipinski definition) is 11. The Bertz CT molecular complexity index is 1910. The average molecular weight is 1030 g/mol. The molecule has 0 radical (unpaired) electrons. The number of ether oxygens (including phenoxy) is 10. The van der Waals surface area contributed by atoms with Gasteiger partial charge in [0.05, 0.1) is 50.3 Å². The largest absolute Gasteiger partial charge is 0.396 e. The number of hydrogen-bond acceptors (Lipinski definition) is 21. The van der Waals surface area contributed by atoms with Crippen molar-refractivity contribution in [2.75, 3.05) is 19.8 Å². The Morgan fingerprint density at radius 3 is 1.81 bits per heavy atom. The molecule has 10 rings (SSSR count). The predicted octanol–water partition coefficient (Wildman–Crippen LogP) is -0.934. The van der Waals surface area contributed by atoms with Gasteiger partial charge in [0.2, 0.25) is 0 Å². The van der Waals surface area contributed by atoms with E-state index in [0.29, 0.717) is 43.1 Å². The molecule has 1 spiro atoms. The van der Waals surface area contributed by atoms with Gasteiger partial charge in [0, 0.05) is 18.3 Å². The first kappa shape index (κ1) is 54.3. The van der Waals surface area contributed by atoms with Crippen molar-refractivity contribution in [1.82, 2.24) is 0 Å². The van der Waals surface area contributed by atoms with Gasteiger partial charge in [-0.3, -0.25) is 0 Å². The maximum atomic E-state index is 12.3. The van der Waals surface area contributed by atoms with Crippen molar-refractivity contribution in [3.8, 4) is 0 Å². The average Bonchev–Trinajstić information content (AvgIpc) is 3.83. The van der Waals surface area contributed by atoms with Crippen LogP contribution >= 0.6 is 0 Å². The third-order valence-electron chi connectivity index (χ3n) is 19.7. The molecule has 21 nitrogen and oxygen atoms in total. The van der Waals surface area contributed by atoms with E-state index in [0.717, 1.165) is 44.9 Å². The van der Waals surface area contributed by atoms with Crippen molar-refractivity contribution >= 4 is 0 Å². The van der Waals surface area contributed by atoms with Crippen LogP contribution in [-0.2, 0) is 47.4 Å². The molecule has 0 aromatic rings. The second kappa shape index (κ2) is 20.6. The summed E-state index contributed by atoms with van der Waals surface area (Å²) < 4.78 is 62.1. The van der Waals surface area contributed by atoms with Crippen molar-refractivity contribution in [1.29, 1.82) is 0 Å². The minimum Gasteiger partial charge on any atom is -0.396 e. The van der Waals surface area contributed by atoms with E-state index < -0.39 is 141 Å². The Morgan fingerprint density at radius 1 is 0.583 bits per heavy atom. The first-order chi connectivity index (χ1) is 34.1. The van der Waals surface area contributed by atoms with Gasteiger partial charge < -0.3 is 104 Å². The zero-order valence-corrected chi connectivity index (χ0v) is 42.2. The highest BCUT2D eigenvalue weighted by Gasteiger charge is 2.70. The van der Waals surface area contributed by atoms with E-state index in [2.05, 4.69) is 26.8 Å². The summed E-state index contributed by atoms with van der Waals surface area (Å²) in [7, 11) is 0. The van der Waals surface area contributed by atoms with Crippen molar-refractivity contribution in [2.24, 2.45) is 46.3 Å². The molecule has 21 heteroatoms. The first-order valence-corrected chi connectivity index (χ1v) is 26.7. The fourth-order valence-electron chi connectivity index (χ4n) is 15.4. The van der Waals surface area contributed by atoms with Crippen LogP contribution in [-0.4, -0.2) is 217 Å². The lowest BCUT2D eigenvalue weighted by molar-refractivity contribution is -0.394. The van der Waals surface area contributed by atoms with E-state index in [1.807, 2.05) is 0 Å². The molecule has 6 saturated heterocycles. The van der Waals surface area contributed by atoms with Gasteiger partial charge in [-0.15, -0.1) is 0 Å². The van der Waals surface area contributed by atoms with Crippen LogP contribution in [0.3, 0.4) is 0 Å². The van der Waals surface area contributed by atoms with E-state index in [9.17, 15) is 56.2 Å². The van der Waals surface area contributed by atoms with E-state index in [4.69, 9.17) is 47.4 Å². The van der Waals surface area contributed by atoms with Crippen LogP contribution in [0.1, 0.15) is 99.3 Å². The molecule has 11 N–H and O–H groups in total. The summed E-state index contributed by atoms with van der Waals surface area (Å²) in [4.78, 5) is 0. The Morgan fingerprint density at radius 2 is 1.19 bits per heavy atom. The molecule has 10 aliphatic rings. The van der Waals surface area contributed by atoms with E-state index >= 15 is 0 Å². The Kier molecular flexibility index (Phi) is 15.5. The normalized spacial score (nSPS) is 57.8. The van der Waals surface area contributed by atoms with Gasteiger partial charge in [-0.1, -0.05) is 32.4 Å². The zero-order chi connectivity index (χ0) is 51.5. The molecule has 0 unspecified atom stereocenters. The van der Waals surface area contributed by atoms with E-state index in [1.165, 1.54) is 26.3 Å². The van der Waals surface area contributed by atoms with Crippen LogP contribution in [0.15, 0.2) is 11.6 Å². The molecule has 31 atom stereocenters. The molecule has 9 fully saturated rings. The second-order valence-electron chi connectivity index (χ2n) is 23.9. The quantitative estimate of drug-likeness (QED) is 0.118. The van der Waals surface area contributed by atoms with Crippen molar-refractivity contribution in [3.63, 3.8) is 0 Å². The highest BCUT2D eigenvalue weighted by molar-refractivity contribution is 5.26. The lowest BCUT2D eigenvalue weighted by Gasteiger charge is -2.59. The molecule has 412 valence electrons. The third kappa shape index (κ3) is 9.09. The lowest BCUT2D eigenvalue weighted by Crippen LogP contribution is -2.67. The number of fused-ring (bicyclic) bond motifs is 7. The van der Waals surface area contributed by atoms with Crippen LogP contribution in [0.25, 0.3) is 0 Å². The predicted molar refractivity (Wildman–Crippen MR) is 245 cm³/mol. The van der Waals surface area contributed by atoms with Gasteiger partial charge in [-0.2, -0.15) is 0 Å². The molecule has 6 heterocycles. The van der Waals surface area contributed by atoms with Crippen LogP contribution in [0.2, 0.25) is 0 Å². The molecular weight excluding hydrogens is 949 g/mol. The number of aliphatic hydroxyl groups is 11. The molecule has 4 aliphatic carbocycles. The molecule has 3 saturated carbocycles. The molecule has 0 bridgehead atoms. The van der Waals surface area contributed by atoms with Crippen molar-refractivity contribution in [2.45, 2.75) is 240 Å². The summed E-state index contributed by atoms with van der Waals surface area (Å²) >= 11 is 0. The summed E-state index contributed by atoms with van der Waals surface area (Å²) in [5.41, 5.74) is 1.19. The van der Waals surface area contributed by atoms with Gasteiger partial charge in [0.15, 0.2) is 30.9 Å². The fourth-order valence-corrected chi connectivity index (χ4v) is 15.4.